The molecule has 0 aliphatic carbocycles. The van der Waals surface area contributed by atoms with E-state index in [4.69, 9.17) is 15.2 Å². The van der Waals surface area contributed by atoms with Crippen molar-refractivity contribution in [1.82, 2.24) is 4.72 Å². The second kappa shape index (κ2) is 9.94. The lowest BCUT2D eigenvalue weighted by molar-refractivity contribution is 0.297. The van der Waals surface area contributed by atoms with Crippen LogP contribution in [0, 0.1) is 0 Å². The monoisotopic (exact) mass is 518 g/mol. The van der Waals surface area contributed by atoms with Crippen LogP contribution in [-0.2, 0) is 16.6 Å². The van der Waals surface area contributed by atoms with Gasteiger partial charge in [0, 0.05) is 18.2 Å². The first kappa shape index (κ1) is 22.2. The quantitative estimate of drug-likeness (QED) is 0.318. The minimum absolute atomic E-state index is 0. The summed E-state index contributed by atoms with van der Waals surface area (Å²) in [5.41, 5.74) is 7.41. The molecule has 0 amide bonds. The van der Waals surface area contributed by atoms with Crippen LogP contribution in [0.25, 0.3) is 0 Å². The molecule has 0 saturated carbocycles. The van der Waals surface area contributed by atoms with Crippen molar-refractivity contribution in [3.8, 4) is 11.5 Å². The number of hydrogen-bond acceptors (Lipinski definition) is 5. The number of guanidine groups is 1. The van der Waals surface area contributed by atoms with Gasteiger partial charge >= 0.3 is 0 Å². The molecular weight excluding hydrogens is 495 g/mol. The third kappa shape index (κ3) is 5.72. The van der Waals surface area contributed by atoms with Gasteiger partial charge in [-0.15, -0.1) is 24.0 Å². The molecular formula is C18H23IN4O4S. The molecule has 1 heterocycles. The molecule has 1 aliphatic rings. The van der Waals surface area contributed by atoms with Crippen molar-refractivity contribution in [1.29, 1.82) is 0 Å². The Bertz CT molecular complexity index is 950. The van der Waals surface area contributed by atoms with Gasteiger partial charge in [-0.2, -0.15) is 0 Å². The molecule has 0 aromatic heterocycles. The van der Waals surface area contributed by atoms with Gasteiger partial charge < -0.3 is 20.5 Å². The average molecular weight is 518 g/mol. The maximum Gasteiger partial charge on any atom is 0.240 e. The average Bonchev–Trinajstić information content (AvgIpc) is 2.91. The molecule has 0 saturated heterocycles. The van der Waals surface area contributed by atoms with Crippen LogP contribution in [0.3, 0.4) is 0 Å². The number of aliphatic imine (C=N–C) groups is 1. The molecule has 2 aromatic carbocycles. The number of nitrogens with one attached hydrogen (secondary N) is 2. The summed E-state index contributed by atoms with van der Waals surface area (Å²) in [6, 6.07) is 12.0. The highest BCUT2D eigenvalue weighted by Gasteiger charge is 2.12. The Hall–Kier alpha value is -2.05. The first-order chi connectivity index (χ1) is 13.0. The molecule has 0 fully saturated rings. The summed E-state index contributed by atoms with van der Waals surface area (Å²) >= 11 is 0. The first-order valence-electron chi connectivity index (χ1n) is 8.47. The van der Waals surface area contributed by atoms with Crippen LogP contribution in [0.1, 0.15) is 12.0 Å². The Labute approximate surface area is 181 Å². The van der Waals surface area contributed by atoms with Gasteiger partial charge in [0.2, 0.25) is 10.0 Å². The smallest absolute Gasteiger partial charge is 0.240 e. The van der Waals surface area contributed by atoms with Crippen molar-refractivity contribution in [3.05, 3.63) is 48.0 Å². The van der Waals surface area contributed by atoms with Gasteiger partial charge in [0.1, 0.15) is 0 Å². The molecule has 1 aliphatic heterocycles. The van der Waals surface area contributed by atoms with Crippen molar-refractivity contribution in [2.45, 2.75) is 17.9 Å². The minimum Gasteiger partial charge on any atom is -0.490 e. The van der Waals surface area contributed by atoms with Crippen LogP contribution in [0.15, 0.2) is 52.4 Å². The van der Waals surface area contributed by atoms with Gasteiger partial charge in [0.25, 0.3) is 0 Å². The normalized spacial score (nSPS) is 14.0. The van der Waals surface area contributed by atoms with Crippen LogP contribution in [0.4, 0.5) is 5.69 Å². The van der Waals surface area contributed by atoms with E-state index in [1.807, 2.05) is 18.2 Å². The number of halogens is 1. The summed E-state index contributed by atoms with van der Waals surface area (Å²) in [5.74, 6) is 1.58. The summed E-state index contributed by atoms with van der Waals surface area (Å²) < 4.78 is 37.3. The lowest BCUT2D eigenvalue weighted by Gasteiger charge is -2.11. The molecule has 3 rings (SSSR count). The molecule has 4 N–H and O–H groups in total. The van der Waals surface area contributed by atoms with Gasteiger partial charge in [0.15, 0.2) is 17.5 Å². The summed E-state index contributed by atoms with van der Waals surface area (Å²) in [4.78, 5) is 4.45. The number of nitrogens with zero attached hydrogens (tertiary/aromatic N) is 1. The standard InChI is InChI=1S/C18H22N4O4S.HI/c1-20-27(23,24)15-5-2-4-13(10-15)12-21-18(19)22-14-6-7-16-17(11-14)26-9-3-8-25-16;/h2,4-7,10-11,20H,3,8-9,12H2,1H3,(H3,19,21,22);1H. The van der Waals surface area contributed by atoms with E-state index in [1.165, 1.54) is 13.1 Å². The van der Waals surface area contributed by atoms with E-state index in [9.17, 15) is 8.42 Å². The van der Waals surface area contributed by atoms with E-state index in [2.05, 4.69) is 15.0 Å². The Morgan fingerprint density at radius 1 is 1.14 bits per heavy atom. The van der Waals surface area contributed by atoms with E-state index in [0.29, 0.717) is 24.7 Å². The second-order valence-electron chi connectivity index (χ2n) is 5.89. The first-order valence-corrected chi connectivity index (χ1v) is 9.95. The fourth-order valence-corrected chi connectivity index (χ4v) is 3.33. The van der Waals surface area contributed by atoms with Crippen molar-refractivity contribution in [2.75, 3.05) is 25.6 Å². The number of sulfonamides is 1. The molecule has 0 spiro atoms. The summed E-state index contributed by atoms with van der Waals surface area (Å²) in [5, 5.41) is 3.00. The molecule has 152 valence electrons. The molecule has 0 radical (unpaired) electrons. The number of fused-ring (bicyclic) bond motifs is 1. The van der Waals surface area contributed by atoms with Crippen LogP contribution in [0.5, 0.6) is 11.5 Å². The van der Waals surface area contributed by atoms with Crippen LogP contribution < -0.4 is 25.2 Å². The van der Waals surface area contributed by atoms with E-state index in [1.54, 1.807) is 18.2 Å². The van der Waals surface area contributed by atoms with Crippen LogP contribution >= 0.6 is 24.0 Å². The molecule has 0 unspecified atom stereocenters. The predicted octanol–water partition coefficient (Wildman–Crippen LogP) is 2.30. The highest BCUT2D eigenvalue weighted by molar-refractivity contribution is 14.0. The topological polar surface area (TPSA) is 115 Å². The fraction of sp³-hybridized carbons (Fsp3) is 0.278. The number of ether oxygens (including phenoxy) is 2. The zero-order valence-corrected chi connectivity index (χ0v) is 18.5. The highest BCUT2D eigenvalue weighted by Crippen LogP contribution is 2.32. The Morgan fingerprint density at radius 3 is 2.64 bits per heavy atom. The Kier molecular flexibility index (Phi) is 7.89. The maximum absolute atomic E-state index is 11.9. The van der Waals surface area contributed by atoms with Gasteiger partial charge in [0.05, 0.1) is 24.7 Å². The van der Waals surface area contributed by atoms with Gasteiger partial charge in [-0.05, 0) is 36.9 Å². The van der Waals surface area contributed by atoms with Crippen molar-refractivity contribution < 1.29 is 17.9 Å². The molecule has 0 atom stereocenters. The van der Waals surface area contributed by atoms with E-state index in [0.717, 1.165) is 17.7 Å². The lowest BCUT2D eigenvalue weighted by Crippen LogP contribution is -2.22. The SMILES string of the molecule is CNS(=O)(=O)c1cccc(CN=C(N)Nc2ccc3c(c2)OCCCO3)c1.I. The van der Waals surface area contributed by atoms with E-state index >= 15 is 0 Å². The van der Waals surface area contributed by atoms with Crippen molar-refractivity contribution in [2.24, 2.45) is 10.7 Å². The molecule has 2 aromatic rings. The number of anilines is 1. The fourth-order valence-electron chi connectivity index (χ4n) is 2.53. The molecule has 0 bridgehead atoms. The van der Waals surface area contributed by atoms with Gasteiger partial charge in [-0.25, -0.2) is 18.1 Å². The number of nitrogens with two attached hydrogens (primary N) is 1. The number of hydrogen-bond donors (Lipinski definition) is 3. The Balaban J connectivity index is 0.00000280. The molecule has 10 heteroatoms. The van der Waals surface area contributed by atoms with E-state index in [-0.39, 0.29) is 41.4 Å². The highest BCUT2D eigenvalue weighted by atomic mass is 127. The number of rotatable bonds is 5. The third-order valence-corrected chi connectivity index (χ3v) is 5.34. The van der Waals surface area contributed by atoms with Gasteiger partial charge in [-0.3, -0.25) is 0 Å². The number of benzene rings is 2. The predicted molar refractivity (Wildman–Crippen MR) is 119 cm³/mol. The largest absolute Gasteiger partial charge is 0.490 e. The second-order valence-corrected chi connectivity index (χ2v) is 7.78. The van der Waals surface area contributed by atoms with Crippen LogP contribution in [0.2, 0.25) is 0 Å². The van der Waals surface area contributed by atoms with E-state index < -0.39 is 10.0 Å². The van der Waals surface area contributed by atoms with Crippen LogP contribution in [-0.4, -0.2) is 34.6 Å². The zero-order valence-electron chi connectivity index (χ0n) is 15.3. The summed E-state index contributed by atoms with van der Waals surface area (Å²) in [6.07, 6.45) is 0.837. The molecule has 28 heavy (non-hydrogen) atoms. The summed E-state index contributed by atoms with van der Waals surface area (Å²) in [7, 11) is -2.12. The maximum atomic E-state index is 11.9. The van der Waals surface area contributed by atoms with Gasteiger partial charge in [-0.1, -0.05) is 12.1 Å². The third-order valence-electron chi connectivity index (χ3n) is 3.93. The van der Waals surface area contributed by atoms with Crippen molar-refractivity contribution in [3.63, 3.8) is 0 Å². The summed E-state index contributed by atoms with van der Waals surface area (Å²) in [6.45, 7) is 1.48. The van der Waals surface area contributed by atoms with Crippen molar-refractivity contribution >= 4 is 45.6 Å². The zero-order chi connectivity index (χ0) is 19.3. The molecule has 8 nitrogen and oxygen atoms in total. The minimum atomic E-state index is -3.49. The lowest BCUT2D eigenvalue weighted by atomic mass is 10.2. The Morgan fingerprint density at radius 2 is 1.89 bits per heavy atom.